The van der Waals surface area contributed by atoms with Crippen LogP contribution in [-0.4, -0.2) is 24.2 Å². The molecule has 1 unspecified atom stereocenters. The number of allylic oxidation sites excluding steroid dienone is 1. The molecule has 0 aromatic heterocycles. The molecular weight excluding hydrogens is 142 g/mol. The normalized spacial score (nSPS) is 12.5. The van der Waals surface area contributed by atoms with E-state index in [0.717, 1.165) is 12.0 Å². The zero-order valence-electron chi connectivity index (χ0n) is 7.05. The molecule has 0 radical (unpaired) electrons. The zero-order valence-corrected chi connectivity index (χ0v) is 7.05. The molecule has 0 spiro atoms. The van der Waals surface area contributed by atoms with Crippen LogP contribution in [0.1, 0.15) is 19.8 Å². The summed E-state index contributed by atoms with van der Waals surface area (Å²) >= 11 is 0. The van der Waals surface area contributed by atoms with Crippen LogP contribution in [0.2, 0.25) is 0 Å². The molecule has 0 aliphatic carbocycles. The van der Waals surface area contributed by atoms with Gasteiger partial charge < -0.3 is 10.4 Å². The van der Waals surface area contributed by atoms with Gasteiger partial charge in [-0.3, -0.25) is 4.79 Å². The van der Waals surface area contributed by atoms with Crippen molar-refractivity contribution in [1.29, 1.82) is 0 Å². The molecule has 11 heavy (non-hydrogen) atoms. The van der Waals surface area contributed by atoms with E-state index in [-0.39, 0.29) is 0 Å². The fourth-order valence-electron chi connectivity index (χ4n) is 0.782. The van der Waals surface area contributed by atoms with Crippen molar-refractivity contribution in [2.45, 2.75) is 25.8 Å². The lowest BCUT2D eigenvalue weighted by molar-refractivity contribution is -0.139. The maximum atomic E-state index is 10.5. The van der Waals surface area contributed by atoms with Crippen molar-refractivity contribution in [2.75, 3.05) is 7.05 Å². The molecule has 3 heteroatoms. The smallest absolute Gasteiger partial charge is 0.320 e. The highest BCUT2D eigenvalue weighted by molar-refractivity contribution is 5.73. The van der Waals surface area contributed by atoms with Gasteiger partial charge in [-0.25, -0.2) is 0 Å². The molecule has 1 atom stereocenters. The van der Waals surface area contributed by atoms with E-state index in [9.17, 15) is 4.79 Å². The number of carboxylic acids is 1. The van der Waals surface area contributed by atoms with E-state index in [1.807, 2.05) is 6.92 Å². The van der Waals surface area contributed by atoms with Crippen molar-refractivity contribution < 1.29 is 9.90 Å². The highest BCUT2D eigenvalue weighted by Crippen LogP contribution is 2.03. The first-order chi connectivity index (χ1) is 5.07. The Morgan fingerprint density at radius 3 is 2.55 bits per heavy atom. The number of aliphatic carboxylic acids is 1. The third kappa shape index (κ3) is 4.56. The predicted molar refractivity (Wildman–Crippen MR) is 44.5 cm³/mol. The second-order valence-corrected chi connectivity index (χ2v) is 2.68. The molecule has 0 saturated heterocycles. The van der Waals surface area contributed by atoms with Crippen LogP contribution >= 0.6 is 0 Å². The van der Waals surface area contributed by atoms with Crippen LogP contribution in [0, 0.1) is 0 Å². The zero-order chi connectivity index (χ0) is 8.85. The quantitative estimate of drug-likeness (QED) is 0.586. The standard InChI is InChI=1S/C8H15NO2/c1-6(2)4-5-7(9-3)8(10)11/h7,9H,1,4-5H2,2-3H3,(H,10,11). The summed E-state index contributed by atoms with van der Waals surface area (Å²) in [5.41, 5.74) is 1.02. The molecule has 0 fully saturated rings. The lowest BCUT2D eigenvalue weighted by atomic mass is 10.1. The molecule has 64 valence electrons. The molecule has 0 saturated carbocycles. The van der Waals surface area contributed by atoms with Crippen LogP contribution in [0.15, 0.2) is 12.2 Å². The first-order valence-corrected chi connectivity index (χ1v) is 3.62. The first-order valence-electron chi connectivity index (χ1n) is 3.62. The summed E-state index contributed by atoms with van der Waals surface area (Å²) < 4.78 is 0. The topological polar surface area (TPSA) is 49.3 Å². The lowest BCUT2D eigenvalue weighted by Crippen LogP contribution is -2.33. The Labute approximate surface area is 67.1 Å². The maximum absolute atomic E-state index is 10.5. The number of carboxylic acid groups (broad SMARTS) is 1. The predicted octanol–water partition coefficient (Wildman–Crippen LogP) is 1.02. The third-order valence-corrected chi connectivity index (χ3v) is 1.51. The number of rotatable bonds is 5. The van der Waals surface area contributed by atoms with E-state index in [1.54, 1.807) is 7.05 Å². The van der Waals surface area contributed by atoms with E-state index in [2.05, 4.69) is 11.9 Å². The highest BCUT2D eigenvalue weighted by Gasteiger charge is 2.13. The van der Waals surface area contributed by atoms with Gasteiger partial charge in [-0.2, -0.15) is 0 Å². The molecule has 2 N–H and O–H groups in total. The Morgan fingerprint density at radius 1 is 1.73 bits per heavy atom. The summed E-state index contributed by atoms with van der Waals surface area (Å²) in [6.07, 6.45) is 1.37. The van der Waals surface area contributed by atoms with Gasteiger partial charge in [0.15, 0.2) is 0 Å². The number of nitrogens with one attached hydrogen (secondary N) is 1. The summed E-state index contributed by atoms with van der Waals surface area (Å²) in [7, 11) is 1.65. The lowest BCUT2D eigenvalue weighted by Gasteiger charge is -2.09. The van der Waals surface area contributed by atoms with Crippen molar-refractivity contribution in [2.24, 2.45) is 0 Å². The van der Waals surface area contributed by atoms with Gasteiger partial charge in [0, 0.05) is 0 Å². The van der Waals surface area contributed by atoms with Gasteiger partial charge >= 0.3 is 5.97 Å². The number of carbonyl (C=O) groups is 1. The van der Waals surface area contributed by atoms with Gasteiger partial charge in [0.1, 0.15) is 6.04 Å². The molecule has 0 bridgehead atoms. The summed E-state index contributed by atoms with van der Waals surface area (Å²) in [4.78, 5) is 10.5. The van der Waals surface area contributed by atoms with Crippen LogP contribution in [0.25, 0.3) is 0 Å². The number of hydrogen-bond donors (Lipinski definition) is 2. The minimum atomic E-state index is -0.797. The number of hydrogen-bond acceptors (Lipinski definition) is 2. The van der Waals surface area contributed by atoms with Crippen LogP contribution in [0.3, 0.4) is 0 Å². The summed E-state index contributed by atoms with van der Waals surface area (Å²) in [5.74, 6) is -0.797. The Kier molecular flexibility index (Phi) is 4.54. The summed E-state index contributed by atoms with van der Waals surface area (Å²) in [6.45, 7) is 5.60. The minimum absolute atomic E-state index is 0.438. The molecule has 0 heterocycles. The third-order valence-electron chi connectivity index (χ3n) is 1.51. The fraction of sp³-hybridized carbons (Fsp3) is 0.625. The van der Waals surface area contributed by atoms with Crippen molar-refractivity contribution >= 4 is 5.97 Å². The van der Waals surface area contributed by atoms with E-state index in [0.29, 0.717) is 6.42 Å². The molecular formula is C8H15NO2. The van der Waals surface area contributed by atoms with Gasteiger partial charge in [-0.05, 0) is 26.8 Å². The van der Waals surface area contributed by atoms with Crippen LogP contribution in [0.4, 0.5) is 0 Å². The van der Waals surface area contributed by atoms with E-state index < -0.39 is 12.0 Å². The van der Waals surface area contributed by atoms with Gasteiger partial charge in [0.25, 0.3) is 0 Å². The maximum Gasteiger partial charge on any atom is 0.320 e. The van der Waals surface area contributed by atoms with Gasteiger partial charge in [0.05, 0.1) is 0 Å². The molecule has 0 amide bonds. The molecule has 0 rings (SSSR count). The van der Waals surface area contributed by atoms with Crippen molar-refractivity contribution in [1.82, 2.24) is 5.32 Å². The molecule has 0 aromatic carbocycles. The van der Waals surface area contributed by atoms with Crippen molar-refractivity contribution in [3.63, 3.8) is 0 Å². The Balaban J connectivity index is 3.70. The fourth-order valence-corrected chi connectivity index (χ4v) is 0.782. The minimum Gasteiger partial charge on any atom is -0.480 e. The Morgan fingerprint density at radius 2 is 2.27 bits per heavy atom. The average molecular weight is 157 g/mol. The second-order valence-electron chi connectivity index (χ2n) is 2.68. The van der Waals surface area contributed by atoms with E-state index >= 15 is 0 Å². The second kappa shape index (κ2) is 4.91. The highest BCUT2D eigenvalue weighted by atomic mass is 16.4. The number of likely N-dealkylation sites (N-methyl/N-ethyl adjacent to an activating group) is 1. The summed E-state index contributed by atoms with van der Waals surface area (Å²) in [5, 5.41) is 11.3. The van der Waals surface area contributed by atoms with E-state index in [4.69, 9.17) is 5.11 Å². The van der Waals surface area contributed by atoms with Crippen LogP contribution in [-0.2, 0) is 4.79 Å². The molecule has 0 aliphatic heterocycles. The Bertz CT molecular complexity index is 154. The van der Waals surface area contributed by atoms with Crippen LogP contribution in [0.5, 0.6) is 0 Å². The van der Waals surface area contributed by atoms with Gasteiger partial charge in [-0.15, -0.1) is 6.58 Å². The monoisotopic (exact) mass is 157 g/mol. The van der Waals surface area contributed by atoms with Gasteiger partial charge in [0.2, 0.25) is 0 Å². The van der Waals surface area contributed by atoms with Crippen LogP contribution < -0.4 is 5.32 Å². The summed E-state index contributed by atoms with van der Waals surface area (Å²) in [6, 6.07) is -0.438. The van der Waals surface area contributed by atoms with Crippen molar-refractivity contribution in [3.05, 3.63) is 12.2 Å². The largest absolute Gasteiger partial charge is 0.480 e. The SMILES string of the molecule is C=C(C)CCC(NC)C(=O)O. The van der Waals surface area contributed by atoms with Gasteiger partial charge in [-0.1, -0.05) is 5.57 Å². The van der Waals surface area contributed by atoms with Crippen molar-refractivity contribution in [3.8, 4) is 0 Å². The molecule has 3 nitrogen and oxygen atoms in total. The molecule has 0 aliphatic rings. The first kappa shape index (κ1) is 10.2. The molecule has 0 aromatic rings. The van der Waals surface area contributed by atoms with E-state index in [1.165, 1.54) is 0 Å². The Hall–Kier alpha value is -0.830. The average Bonchev–Trinajstić information content (AvgIpc) is 1.87.